The molecule has 0 spiro atoms. The van der Waals surface area contributed by atoms with Crippen molar-refractivity contribution in [1.82, 2.24) is 9.97 Å². The summed E-state index contributed by atoms with van der Waals surface area (Å²) in [6.45, 7) is 4.86. The van der Waals surface area contributed by atoms with Crippen molar-refractivity contribution in [3.8, 4) is 11.5 Å². The van der Waals surface area contributed by atoms with Crippen LogP contribution in [-0.2, 0) is 13.0 Å². The molecule has 0 atom stereocenters. The number of hydrogen-bond donors (Lipinski definition) is 2. The molecule has 0 unspecified atom stereocenters. The lowest BCUT2D eigenvalue weighted by Gasteiger charge is -2.14. The molecule has 0 saturated carbocycles. The Hall–Kier alpha value is -3.28. The molecule has 3 aromatic rings. The van der Waals surface area contributed by atoms with Gasteiger partial charge in [0.1, 0.15) is 18.0 Å². The number of aryl methyl sites for hydroxylation is 2. The molecule has 1 heterocycles. The molecule has 0 aliphatic rings. The highest BCUT2D eigenvalue weighted by Crippen LogP contribution is 2.28. The van der Waals surface area contributed by atoms with Crippen LogP contribution in [-0.4, -0.2) is 24.2 Å². The van der Waals surface area contributed by atoms with E-state index in [4.69, 9.17) is 9.47 Å². The molecule has 0 aliphatic carbocycles. The second-order valence-electron chi connectivity index (χ2n) is 6.42. The lowest BCUT2D eigenvalue weighted by Crippen LogP contribution is -2.05. The standard InChI is InChI=1S/C22H26N4O2/c1-5-17-8-6-7-15(2)22(17)26-21-12-20(24-14-25-21)23-13-16-9-10-18(27-3)19(11-16)28-4/h6-12,14H,5,13H2,1-4H3,(H2,23,24,25,26). The lowest BCUT2D eigenvalue weighted by atomic mass is 10.1. The summed E-state index contributed by atoms with van der Waals surface area (Å²) in [5.74, 6) is 2.93. The first-order valence-electron chi connectivity index (χ1n) is 9.27. The monoisotopic (exact) mass is 378 g/mol. The van der Waals surface area contributed by atoms with Gasteiger partial charge in [0.2, 0.25) is 0 Å². The maximum Gasteiger partial charge on any atom is 0.161 e. The molecule has 0 bridgehead atoms. The van der Waals surface area contributed by atoms with Crippen LogP contribution >= 0.6 is 0 Å². The van der Waals surface area contributed by atoms with E-state index in [2.05, 4.69) is 52.6 Å². The molecule has 0 fully saturated rings. The Kier molecular flexibility index (Phi) is 6.32. The largest absolute Gasteiger partial charge is 0.493 e. The molecule has 0 amide bonds. The number of ether oxygens (including phenoxy) is 2. The first-order valence-corrected chi connectivity index (χ1v) is 9.27. The second kappa shape index (κ2) is 9.08. The highest BCUT2D eigenvalue weighted by molar-refractivity contribution is 5.66. The van der Waals surface area contributed by atoms with Crippen molar-refractivity contribution in [3.05, 3.63) is 65.5 Å². The molecule has 3 rings (SSSR count). The van der Waals surface area contributed by atoms with Gasteiger partial charge in [-0.25, -0.2) is 9.97 Å². The molecule has 0 saturated heterocycles. The van der Waals surface area contributed by atoms with Crippen LogP contribution in [0, 0.1) is 6.92 Å². The number of hydrogen-bond acceptors (Lipinski definition) is 6. The van der Waals surface area contributed by atoms with E-state index in [9.17, 15) is 0 Å². The number of aromatic nitrogens is 2. The third-order valence-corrected chi connectivity index (χ3v) is 4.58. The van der Waals surface area contributed by atoms with E-state index < -0.39 is 0 Å². The van der Waals surface area contributed by atoms with Crippen molar-refractivity contribution in [2.45, 2.75) is 26.8 Å². The van der Waals surface area contributed by atoms with Crippen molar-refractivity contribution in [2.24, 2.45) is 0 Å². The van der Waals surface area contributed by atoms with Gasteiger partial charge in [-0.2, -0.15) is 0 Å². The van der Waals surface area contributed by atoms with Crippen LogP contribution in [0.5, 0.6) is 11.5 Å². The number of para-hydroxylation sites is 1. The minimum atomic E-state index is 0.612. The zero-order valence-electron chi connectivity index (χ0n) is 16.7. The van der Waals surface area contributed by atoms with E-state index in [1.165, 1.54) is 11.1 Å². The van der Waals surface area contributed by atoms with E-state index in [-0.39, 0.29) is 0 Å². The van der Waals surface area contributed by atoms with Crippen LogP contribution in [0.15, 0.2) is 48.8 Å². The summed E-state index contributed by atoms with van der Waals surface area (Å²) >= 11 is 0. The Bertz CT molecular complexity index is 944. The van der Waals surface area contributed by atoms with Gasteiger partial charge in [-0.3, -0.25) is 0 Å². The number of rotatable bonds is 8. The van der Waals surface area contributed by atoms with Gasteiger partial charge in [0.25, 0.3) is 0 Å². The molecule has 1 aromatic heterocycles. The number of nitrogens with one attached hydrogen (secondary N) is 2. The Balaban J connectivity index is 1.72. The summed E-state index contributed by atoms with van der Waals surface area (Å²) in [5.41, 5.74) is 4.63. The van der Waals surface area contributed by atoms with Gasteiger partial charge in [-0.15, -0.1) is 0 Å². The normalized spacial score (nSPS) is 10.4. The van der Waals surface area contributed by atoms with E-state index in [1.807, 2.05) is 24.3 Å². The van der Waals surface area contributed by atoms with Crippen molar-refractivity contribution < 1.29 is 9.47 Å². The first-order chi connectivity index (χ1) is 13.6. The Morgan fingerprint density at radius 3 is 2.46 bits per heavy atom. The highest BCUT2D eigenvalue weighted by atomic mass is 16.5. The Morgan fingerprint density at radius 1 is 0.929 bits per heavy atom. The molecule has 0 aliphatic heterocycles. The summed E-state index contributed by atoms with van der Waals surface area (Å²) in [4.78, 5) is 8.68. The number of methoxy groups -OCH3 is 2. The number of anilines is 3. The van der Waals surface area contributed by atoms with Gasteiger partial charge in [0.05, 0.1) is 14.2 Å². The third kappa shape index (κ3) is 4.52. The number of nitrogens with zero attached hydrogens (tertiary/aromatic N) is 2. The maximum absolute atomic E-state index is 5.36. The van der Waals surface area contributed by atoms with Gasteiger partial charge in [-0.05, 0) is 42.2 Å². The molecule has 146 valence electrons. The van der Waals surface area contributed by atoms with Crippen molar-refractivity contribution in [2.75, 3.05) is 24.9 Å². The Morgan fingerprint density at radius 2 is 1.71 bits per heavy atom. The van der Waals surface area contributed by atoms with Crippen LogP contribution in [0.1, 0.15) is 23.6 Å². The van der Waals surface area contributed by atoms with Gasteiger partial charge >= 0.3 is 0 Å². The maximum atomic E-state index is 5.36. The molecule has 0 radical (unpaired) electrons. The summed E-state index contributed by atoms with van der Waals surface area (Å²) < 4.78 is 10.6. The minimum absolute atomic E-state index is 0.612. The van der Waals surface area contributed by atoms with Crippen LogP contribution < -0.4 is 20.1 Å². The van der Waals surface area contributed by atoms with Gasteiger partial charge in [0, 0.05) is 18.3 Å². The fraction of sp³-hybridized carbons (Fsp3) is 0.273. The molecule has 6 nitrogen and oxygen atoms in total. The highest BCUT2D eigenvalue weighted by Gasteiger charge is 2.07. The van der Waals surface area contributed by atoms with E-state index in [0.717, 1.165) is 29.3 Å². The Labute approximate surface area is 166 Å². The van der Waals surface area contributed by atoms with Gasteiger partial charge < -0.3 is 20.1 Å². The summed E-state index contributed by atoms with van der Waals surface area (Å²) in [6, 6.07) is 14.1. The summed E-state index contributed by atoms with van der Waals surface area (Å²) in [7, 11) is 3.26. The van der Waals surface area contributed by atoms with E-state index >= 15 is 0 Å². The fourth-order valence-corrected chi connectivity index (χ4v) is 3.04. The molecular formula is C22H26N4O2. The third-order valence-electron chi connectivity index (χ3n) is 4.58. The molecule has 2 N–H and O–H groups in total. The van der Waals surface area contributed by atoms with Crippen molar-refractivity contribution in [1.29, 1.82) is 0 Å². The van der Waals surface area contributed by atoms with E-state index in [1.54, 1.807) is 20.5 Å². The minimum Gasteiger partial charge on any atom is -0.493 e. The van der Waals surface area contributed by atoms with Crippen LogP contribution in [0.25, 0.3) is 0 Å². The zero-order chi connectivity index (χ0) is 19.9. The van der Waals surface area contributed by atoms with Crippen LogP contribution in [0.4, 0.5) is 17.3 Å². The predicted octanol–water partition coefficient (Wildman–Crippen LogP) is 4.72. The average molecular weight is 378 g/mol. The topological polar surface area (TPSA) is 68.3 Å². The quantitative estimate of drug-likeness (QED) is 0.591. The first kappa shape index (κ1) is 19.5. The zero-order valence-corrected chi connectivity index (χ0v) is 16.7. The molecular weight excluding hydrogens is 352 g/mol. The smallest absolute Gasteiger partial charge is 0.161 e. The van der Waals surface area contributed by atoms with Crippen molar-refractivity contribution in [3.63, 3.8) is 0 Å². The van der Waals surface area contributed by atoms with Gasteiger partial charge in [-0.1, -0.05) is 31.2 Å². The number of benzene rings is 2. The molecule has 6 heteroatoms. The summed E-state index contributed by atoms with van der Waals surface area (Å²) in [5, 5.41) is 6.77. The molecule has 2 aromatic carbocycles. The summed E-state index contributed by atoms with van der Waals surface area (Å²) in [6.07, 6.45) is 2.52. The fourth-order valence-electron chi connectivity index (χ4n) is 3.04. The van der Waals surface area contributed by atoms with Crippen LogP contribution in [0.3, 0.4) is 0 Å². The SMILES string of the molecule is CCc1cccc(C)c1Nc1cc(NCc2ccc(OC)c(OC)c2)ncn1. The van der Waals surface area contributed by atoms with Gasteiger partial charge in [0.15, 0.2) is 11.5 Å². The average Bonchev–Trinajstić information content (AvgIpc) is 2.73. The predicted molar refractivity (Wildman–Crippen MR) is 113 cm³/mol. The second-order valence-corrected chi connectivity index (χ2v) is 6.42. The van der Waals surface area contributed by atoms with Crippen molar-refractivity contribution >= 4 is 17.3 Å². The molecule has 28 heavy (non-hydrogen) atoms. The van der Waals surface area contributed by atoms with E-state index in [0.29, 0.717) is 18.0 Å². The van der Waals surface area contributed by atoms with Crippen LogP contribution in [0.2, 0.25) is 0 Å². The lowest BCUT2D eigenvalue weighted by molar-refractivity contribution is 0.354.